The number of ether oxygens (including phenoxy) is 1. The lowest BCUT2D eigenvalue weighted by Crippen LogP contribution is -2.22. The average molecular weight is 290 g/mol. The molecular formula is C16H16ClNO2. The van der Waals surface area contributed by atoms with Crippen LogP contribution in [0.4, 0.5) is 0 Å². The zero-order valence-electron chi connectivity index (χ0n) is 11.4. The van der Waals surface area contributed by atoms with Gasteiger partial charge in [-0.3, -0.25) is 4.79 Å². The standard InChI is InChI=1S/C16H16ClNO2/c1-3-18-16(19)12-5-4-6-13(10-12)20-14-7-8-15(17)11(2)9-14/h4-10H,3H2,1-2H3,(H,18,19). The third-order valence-corrected chi connectivity index (χ3v) is 3.22. The van der Waals surface area contributed by atoms with E-state index in [1.807, 2.05) is 26.0 Å². The highest BCUT2D eigenvalue weighted by Gasteiger charge is 2.06. The molecule has 104 valence electrons. The Hall–Kier alpha value is -2.00. The van der Waals surface area contributed by atoms with Crippen LogP contribution >= 0.6 is 11.6 Å². The molecule has 0 heterocycles. The van der Waals surface area contributed by atoms with E-state index in [0.717, 1.165) is 5.56 Å². The van der Waals surface area contributed by atoms with Gasteiger partial charge in [0.25, 0.3) is 5.91 Å². The van der Waals surface area contributed by atoms with Crippen LogP contribution in [0.5, 0.6) is 11.5 Å². The van der Waals surface area contributed by atoms with Crippen molar-refractivity contribution < 1.29 is 9.53 Å². The van der Waals surface area contributed by atoms with Gasteiger partial charge in [-0.2, -0.15) is 0 Å². The molecule has 20 heavy (non-hydrogen) atoms. The van der Waals surface area contributed by atoms with Crippen molar-refractivity contribution >= 4 is 17.5 Å². The van der Waals surface area contributed by atoms with E-state index >= 15 is 0 Å². The molecule has 2 aromatic rings. The normalized spacial score (nSPS) is 10.2. The zero-order valence-corrected chi connectivity index (χ0v) is 12.2. The number of hydrogen-bond donors (Lipinski definition) is 1. The van der Waals surface area contributed by atoms with Gasteiger partial charge >= 0.3 is 0 Å². The number of amides is 1. The van der Waals surface area contributed by atoms with Gasteiger partial charge in [-0.1, -0.05) is 17.7 Å². The molecule has 2 aromatic carbocycles. The first-order chi connectivity index (χ1) is 9.60. The van der Waals surface area contributed by atoms with Gasteiger partial charge in [-0.15, -0.1) is 0 Å². The fraction of sp³-hybridized carbons (Fsp3) is 0.188. The number of benzene rings is 2. The van der Waals surface area contributed by atoms with Crippen molar-refractivity contribution in [3.8, 4) is 11.5 Å². The van der Waals surface area contributed by atoms with Crippen molar-refractivity contribution in [3.05, 3.63) is 58.6 Å². The first-order valence-electron chi connectivity index (χ1n) is 6.42. The molecule has 0 saturated carbocycles. The van der Waals surface area contributed by atoms with Gasteiger partial charge in [0.2, 0.25) is 0 Å². The minimum Gasteiger partial charge on any atom is -0.457 e. The maximum atomic E-state index is 11.8. The minimum absolute atomic E-state index is 0.106. The maximum Gasteiger partial charge on any atom is 0.251 e. The third-order valence-electron chi connectivity index (χ3n) is 2.80. The lowest BCUT2D eigenvalue weighted by atomic mass is 10.2. The van der Waals surface area contributed by atoms with Crippen LogP contribution in [-0.4, -0.2) is 12.5 Å². The first-order valence-corrected chi connectivity index (χ1v) is 6.80. The van der Waals surface area contributed by atoms with Crippen molar-refractivity contribution in [2.75, 3.05) is 6.54 Å². The summed E-state index contributed by atoms with van der Waals surface area (Å²) in [4.78, 5) is 11.8. The zero-order chi connectivity index (χ0) is 14.5. The van der Waals surface area contributed by atoms with Crippen molar-refractivity contribution in [1.82, 2.24) is 5.32 Å². The summed E-state index contributed by atoms with van der Waals surface area (Å²) in [6.07, 6.45) is 0. The molecule has 0 fully saturated rings. The Bertz CT molecular complexity index is 626. The molecule has 0 saturated heterocycles. The average Bonchev–Trinajstić information content (AvgIpc) is 2.43. The quantitative estimate of drug-likeness (QED) is 0.916. The number of aryl methyl sites for hydroxylation is 1. The van der Waals surface area contributed by atoms with Crippen LogP contribution in [0, 0.1) is 6.92 Å². The molecule has 0 aliphatic rings. The molecule has 1 amide bonds. The second-order valence-corrected chi connectivity index (χ2v) is 4.81. The minimum atomic E-state index is -0.106. The van der Waals surface area contributed by atoms with E-state index in [0.29, 0.717) is 28.6 Å². The Morgan fingerprint density at radius 2 is 1.95 bits per heavy atom. The van der Waals surface area contributed by atoms with E-state index in [-0.39, 0.29) is 5.91 Å². The van der Waals surface area contributed by atoms with Crippen LogP contribution in [0.2, 0.25) is 5.02 Å². The number of halogens is 1. The topological polar surface area (TPSA) is 38.3 Å². The Morgan fingerprint density at radius 1 is 1.20 bits per heavy atom. The van der Waals surface area contributed by atoms with Crippen LogP contribution in [0.15, 0.2) is 42.5 Å². The molecule has 0 spiro atoms. The molecule has 4 heteroatoms. The molecule has 0 radical (unpaired) electrons. The summed E-state index contributed by atoms with van der Waals surface area (Å²) in [5, 5.41) is 3.46. The lowest BCUT2D eigenvalue weighted by Gasteiger charge is -2.09. The van der Waals surface area contributed by atoms with E-state index in [2.05, 4.69) is 5.32 Å². The van der Waals surface area contributed by atoms with Crippen LogP contribution in [0.3, 0.4) is 0 Å². The van der Waals surface area contributed by atoms with Gasteiger partial charge in [-0.25, -0.2) is 0 Å². The molecule has 0 atom stereocenters. The molecule has 1 N–H and O–H groups in total. The Labute approximate surface area is 123 Å². The van der Waals surface area contributed by atoms with Crippen LogP contribution < -0.4 is 10.1 Å². The van der Waals surface area contributed by atoms with Crippen LogP contribution in [0.25, 0.3) is 0 Å². The monoisotopic (exact) mass is 289 g/mol. The molecule has 0 aliphatic heterocycles. The number of carbonyl (C=O) groups is 1. The Balaban J connectivity index is 2.19. The maximum absolute atomic E-state index is 11.8. The largest absolute Gasteiger partial charge is 0.457 e. The van der Waals surface area contributed by atoms with E-state index in [1.54, 1.807) is 30.3 Å². The molecular weight excluding hydrogens is 274 g/mol. The van der Waals surface area contributed by atoms with E-state index < -0.39 is 0 Å². The van der Waals surface area contributed by atoms with Gasteiger partial charge in [0.15, 0.2) is 0 Å². The fourth-order valence-corrected chi connectivity index (χ4v) is 1.90. The van der Waals surface area contributed by atoms with E-state index in [9.17, 15) is 4.79 Å². The molecule has 2 rings (SSSR count). The van der Waals surface area contributed by atoms with Gasteiger partial charge in [-0.05, 0) is 55.8 Å². The number of carbonyl (C=O) groups excluding carboxylic acids is 1. The van der Waals surface area contributed by atoms with Gasteiger partial charge in [0.1, 0.15) is 11.5 Å². The molecule has 0 bridgehead atoms. The molecule has 3 nitrogen and oxygen atoms in total. The summed E-state index contributed by atoms with van der Waals surface area (Å²) >= 11 is 5.98. The second kappa shape index (κ2) is 6.44. The summed E-state index contributed by atoms with van der Waals surface area (Å²) in [5.41, 5.74) is 1.53. The smallest absolute Gasteiger partial charge is 0.251 e. The molecule has 0 aliphatic carbocycles. The summed E-state index contributed by atoms with van der Waals surface area (Å²) in [6, 6.07) is 12.5. The summed E-state index contributed by atoms with van der Waals surface area (Å²) in [6.45, 7) is 4.40. The second-order valence-electron chi connectivity index (χ2n) is 4.40. The summed E-state index contributed by atoms with van der Waals surface area (Å²) in [5.74, 6) is 1.21. The van der Waals surface area contributed by atoms with Crippen molar-refractivity contribution in [2.24, 2.45) is 0 Å². The van der Waals surface area contributed by atoms with E-state index in [4.69, 9.17) is 16.3 Å². The highest BCUT2D eigenvalue weighted by atomic mass is 35.5. The third kappa shape index (κ3) is 3.52. The highest BCUT2D eigenvalue weighted by molar-refractivity contribution is 6.31. The number of nitrogens with one attached hydrogen (secondary N) is 1. The van der Waals surface area contributed by atoms with Crippen molar-refractivity contribution in [3.63, 3.8) is 0 Å². The Morgan fingerprint density at radius 3 is 2.65 bits per heavy atom. The summed E-state index contributed by atoms with van der Waals surface area (Å²) < 4.78 is 5.74. The summed E-state index contributed by atoms with van der Waals surface area (Å²) in [7, 11) is 0. The SMILES string of the molecule is CCNC(=O)c1cccc(Oc2ccc(Cl)c(C)c2)c1. The van der Waals surface area contributed by atoms with Gasteiger partial charge in [0, 0.05) is 17.1 Å². The first kappa shape index (κ1) is 14.4. The molecule has 0 aromatic heterocycles. The van der Waals surface area contributed by atoms with Crippen molar-refractivity contribution in [1.29, 1.82) is 0 Å². The number of hydrogen-bond acceptors (Lipinski definition) is 2. The Kier molecular flexibility index (Phi) is 4.64. The lowest BCUT2D eigenvalue weighted by molar-refractivity contribution is 0.0955. The van der Waals surface area contributed by atoms with Gasteiger partial charge in [0.05, 0.1) is 0 Å². The predicted octanol–water partition coefficient (Wildman–Crippen LogP) is 4.19. The number of rotatable bonds is 4. The van der Waals surface area contributed by atoms with Crippen molar-refractivity contribution in [2.45, 2.75) is 13.8 Å². The van der Waals surface area contributed by atoms with Gasteiger partial charge < -0.3 is 10.1 Å². The van der Waals surface area contributed by atoms with Crippen LogP contribution in [0.1, 0.15) is 22.8 Å². The fourth-order valence-electron chi connectivity index (χ4n) is 1.78. The highest BCUT2D eigenvalue weighted by Crippen LogP contribution is 2.26. The molecule has 0 unspecified atom stereocenters. The van der Waals surface area contributed by atoms with Crippen LogP contribution in [-0.2, 0) is 0 Å². The van der Waals surface area contributed by atoms with E-state index in [1.165, 1.54) is 0 Å². The predicted molar refractivity (Wildman–Crippen MR) is 80.7 cm³/mol.